The number of carbonyl (C=O) groups excluding carboxylic acids is 1. The molecule has 0 aliphatic heterocycles. The van der Waals surface area contributed by atoms with Crippen molar-refractivity contribution in [1.29, 1.82) is 0 Å². The molecule has 3 nitrogen and oxygen atoms in total. The van der Waals surface area contributed by atoms with Crippen LogP contribution in [0.25, 0.3) is 0 Å². The van der Waals surface area contributed by atoms with Gasteiger partial charge in [0.15, 0.2) is 0 Å². The molecule has 1 atom stereocenters. The van der Waals surface area contributed by atoms with Crippen molar-refractivity contribution < 1.29 is 9.18 Å². The van der Waals surface area contributed by atoms with E-state index in [9.17, 15) is 9.18 Å². The van der Waals surface area contributed by atoms with E-state index in [4.69, 9.17) is 0 Å². The fourth-order valence-electron chi connectivity index (χ4n) is 1.25. The molecule has 0 bridgehead atoms. The minimum atomic E-state index is -0.344. The standard InChI is InChI=1S/C11H14BrFN2O/c1-7(11(16)14-2)15-6-8-5-9(12)3-4-10(8)13/h3-5,7,15H,6H2,1-2H3,(H,14,16)/t7-/m1/s1. The first-order valence-corrected chi connectivity index (χ1v) is 5.72. The van der Waals surface area contributed by atoms with Gasteiger partial charge in [-0.05, 0) is 25.1 Å². The van der Waals surface area contributed by atoms with Crippen LogP contribution in [0.1, 0.15) is 12.5 Å². The van der Waals surface area contributed by atoms with Crippen LogP contribution in [0.5, 0.6) is 0 Å². The molecule has 1 rings (SSSR count). The molecule has 0 saturated heterocycles. The van der Waals surface area contributed by atoms with E-state index in [0.29, 0.717) is 12.1 Å². The summed E-state index contributed by atoms with van der Waals surface area (Å²) in [6, 6.07) is 4.38. The summed E-state index contributed by atoms with van der Waals surface area (Å²) in [6.07, 6.45) is 0. The van der Waals surface area contributed by atoms with Gasteiger partial charge < -0.3 is 10.6 Å². The zero-order valence-electron chi connectivity index (χ0n) is 9.18. The summed E-state index contributed by atoms with van der Waals surface area (Å²) in [4.78, 5) is 11.2. The van der Waals surface area contributed by atoms with Crippen LogP contribution in [0.4, 0.5) is 4.39 Å². The number of amides is 1. The van der Waals surface area contributed by atoms with E-state index < -0.39 is 0 Å². The number of hydrogen-bond donors (Lipinski definition) is 2. The molecule has 16 heavy (non-hydrogen) atoms. The quantitative estimate of drug-likeness (QED) is 0.887. The zero-order valence-corrected chi connectivity index (χ0v) is 10.8. The second kappa shape index (κ2) is 5.96. The predicted molar refractivity (Wildman–Crippen MR) is 64.5 cm³/mol. The van der Waals surface area contributed by atoms with E-state index in [-0.39, 0.29) is 17.8 Å². The molecule has 0 heterocycles. The zero-order chi connectivity index (χ0) is 12.1. The van der Waals surface area contributed by atoms with Gasteiger partial charge in [-0.3, -0.25) is 4.79 Å². The second-order valence-electron chi connectivity index (χ2n) is 3.45. The van der Waals surface area contributed by atoms with E-state index in [0.717, 1.165) is 4.47 Å². The van der Waals surface area contributed by atoms with Gasteiger partial charge in [0.2, 0.25) is 5.91 Å². The lowest BCUT2D eigenvalue weighted by molar-refractivity contribution is -0.122. The van der Waals surface area contributed by atoms with Crippen molar-refractivity contribution in [3.63, 3.8) is 0 Å². The number of hydrogen-bond acceptors (Lipinski definition) is 2. The molecule has 0 unspecified atom stereocenters. The van der Waals surface area contributed by atoms with Crippen LogP contribution < -0.4 is 10.6 Å². The van der Waals surface area contributed by atoms with Crippen molar-refractivity contribution in [2.45, 2.75) is 19.5 Å². The molecule has 1 amide bonds. The first-order chi connectivity index (χ1) is 7.54. The number of halogens is 2. The molecule has 0 fully saturated rings. The SMILES string of the molecule is CNC(=O)[C@@H](C)NCc1cc(Br)ccc1F. The highest BCUT2D eigenvalue weighted by Gasteiger charge is 2.11. The summed E-state index contributed by atoms with van der Waals surface area (Å²) >= 11 is 3.27. The highest BCUT2D eigenvalue weighted by Crippen LogP contribution is 2.15. The van der Waals surface area contributed by atoms with Gasteiger partial charge in [0.1, 0.15) is 5.82 Å². The third-order valence-corrected chi connectivity index (χ3v) is 2.74. The minimum Gasteiger partial charge on any atom is -0.358 e. The van der Waals surface area contributed by atoms with Gasteiger partial charge in [-0.2, -0.15) is 0 Å². The molecule has 2 N–H and O–H groups in total. The van der Waals surface area contributed by atoms with Gasteiger partial charge in [0.25, 0.3) is 0 Å². The summed E-state index contributed by atoms with van der Waals surface area (Å²) in [7, 11) is 1.57. The number of nitrogens with one attached hydrogen (secondary N) is 2. The number of likely N-dealkylation sites (N-methyl/N-ethyl adjacent to an activating group) is 1. The summed E-state index contributed by atoms with van der Waals surface area (Å²) < 4.78 is 14.2. The second-order valence-corrected chi connectivity index (χ2v) is 4.37. The maximum Gasteiger partial charge on any atom is 0.236 e. The summed E-state index contributed by atoms with van der Waals surface area (Å²) in [5, 5.41) is 5.47. The van der Waals surface area contributed by atoms with E-state index in [2.05, 4.69) is 26.6 Å². The molecule has 1 aromatic rings. The van der Waals surface area contributed by atoms with Crippen molar-refractivity contribution in [2.24, 2.45) is 0 Å². The molecule has 0 aliphatic rings. The van der Waals surface area contributed by atoms with E-state index >= 15 is 0 Å². The Morgan fingerprint density at radius 1 is 1.56 bits per heavy atom. The lowest BCUT2D eigenvalue weighted by atomic mass is 10.2. The molecule has 0 spiro atoms. The van der Waals surface area contributed by atoms with Crippen LogP contribution in [0, 0.1) is 5.82 Å². The van der Waals surface area contributed by atoms with Gasteiger partial charge in [-0.15, -0.1) is 0 Å². The minimum absolute atomic E-state index is 0.115. The third-order valence-electron chi connectivity index (χ3n) is 2.25. The van der Waals surface area contributed by atoms with Crippen molar-refractivity contribution in [1.82, 2.24) is 10.6 Å². The van der Waals surface area contributed by atoms with E-state index in [1.165, 1.54) is 6.07 Å². The van der Waals surface area contributed by atoms with E-state index in [1.54, 1.807) is 26.1 Å². The summed E-state index contributed by atoms with van der Waals surface area (Å²) in [5.41, 5.74) is 0.533. The van der Waals surface area contributed by atoms with Gasteiger partial charge in [0, 0.05) is 23.6 Å². The Bertz CT molecular complexity index is 384. The van der Waals surface area contributed by atoms with Crippen molar-refractivity contribution in [3.05, 3.63) is 34.1 Å². The molecule has 5 heteroatoms. The monoisotopic (exact) mass is 288 g/mol. The Labute approximate surface area is 103 Å². The summed E-state index contributed by atoms with van der Waals surface area (Å²) in [6.45, 7) is 2.05. The molecular weight excluding hydrogens is 275 g/mol. The fourth-order valence-corrected chi connectivity index (χ4v) is 1.66. The van der Waals surface area contributed by atoms with Crippen LogP contribution in [0.2, 0.25) is 0 Å². The van der Waals surface area contributed by atoms with Crippen LogP contribution in [-0.4, -0.2) is 19.0 Å². The van der Waals surface area contributed by atoms with E-state index in [1.807, 2.05) is 0 Å². The van der Waals surface area contributed by atoms with Crippen LogP contribution in [-0.2, 0) is 11.3 Å². The van der Waals surface area contributed by atoms with Gasteiger partial charge >= 0.3 is 0 Å². The molecule has 0 radical (unpaired) electrons. The Morgan fingerprint density at radius 3 is 2.88 bits per heavy atom. The smallest absolute Gasteiger partial charge is 0.236 e. The van der Waals surface area contributed by atoms with Crippen molar-refractivity contribution >= 4 is 21.8 Å². The largest absolute Gasteiger partial charge is 0.358 e. The molecule has 0 saturated carbocycles. The lowest BCUT2D eigenvalue weighted by Gasteiger charge is -2.12. The first kappa shape index (κ1) is 13.1. The predicted octanol–water partition coefficient (Wildman–Crippen LogP) is 1.81. The number of benzene rings is 1. The van der Waals surface area contributed by atoms with Crippen LogP contribution in [0.15, 0.2) is 22.7 Å². The molecule has 1 aromatic carbocycles. The molecule has 88 valence electrons. The fraction of sp³-hybridized carbons (Fsp3) is 0.364. The van der Waals surface area contributed by atoms with Crippen LogP contribution in [0.3, 0.4) is 0 Å². The molecule has 0 aliphatic carbocycles. The summed E-state index contributed by atoms with van der Waals surface area (Å²) in [5.74, 6) is -0.393. The van der Waals surface area contributed by atoms with Crippen molar-refractivity contribution in [3.8, 4) is 0 Å². The average molecular weight is 289 g/mol. The Kier molecular flexibility index (Phi) is 4.89. The van der Waals surface area contributed by atoms with Gasteiger partial charge in [-0.25, -0.2) is 4.39 Å². The highest BCUT2D eigenvalue weighted by molar-refractivity contribution is 9.10. The highest BCUT2D eigenvalue weighted by atomic mass is 79.9. The molecular formula is C11H14BrFN2O. The Morgan fingerprint density at radius 2 is 2.25 bits per heavy atom. The van der Waals surface area contributed by atoms with Crippen LogP contribution >= 0.6 is 15.9 Å². The maximum atomic E-state index is 13.3. The van der Waals surface area contributed by atoms with Gasteiger partial charge in [-0.1, -0.05) is 15.9 Å². The van der Waals surface area contributed by atoms with Gasteiger partial charge in [0.05, 0.1) is 6.04 Å². The maximum absolute atomic E-state index is 13.3. The van der Waals surface area contributed by atoms with Crippen molar-refractivity contribution in [2.75, 3.05) is 7.05 Å². The number of rotatable bonds is 4. The number of carbonyl (C=O) groups is 1. The molecule has 0 aromatic heterocycles. The average Bonchev–Trinajstić information content (AvgIpc) is 2.28. The first-order valence-electron chi connectivity index (χ1n) is 4.93. The third kappa shape index (κ3) is 3.57. The normalized spacial score (nSPS) is 12.2. The Balaban J connectivity index is 2.60. The Hall–Kier alpha value is -0.940. The topological polar surface area (TPSA) is 41.1 Å². The lowest BCUT2D eigenvalue weighted by Crippen LogP contribution is -2.40.